The topological polar surface area (TPSA) is 94.1 Å². The van der Waals surface area contributed by atoms with E-state index in [9.17, 15) is 14.5 Å². The van der Waals surface area contributed by atoms with Crippen molar-refractivity contribution >= 4 is 23.0 Å². The zero-order valence-electron chi connectivity index (χ0n) is 10.1. The minimum Gasteiger partial charge on any atom is -0.384 e. The molecule has 0 aliphatic carbocycles. The Labute approximate surface area is 108 Å². The Morgan fingerprint density at radius 2 is 2.11 bits per heavy atom. The number of aromatic nitrogens is 1. The molecule has 0 saturated heterocycles. The molecule has 0 aliphatic heterocycles. The highest BCUT2D eigenvalue weighted by Gasteiger charge is 2.16. The number of rotatable bonds is 3. The van der Waals surface area contributed by atoms with E-state index in [2.05, 4.69) is 10.3 Å². The maximum Gasteiger partial charge on any atom is 0.311 e. The van der Waals surface area contributed by atoms with E-state index in [4.69, 9.17) is 5.73 Å². The Bertz CT molecular complexity index is 646. The van der Waals surface area contributed by atoms with Crippen molar-refractivity contribution in [2.24, 2.45) is 0 Å². The lowest BCUT2D eigenvalue weighted by molar-refractivity contribution is -0.384. The third kappa shape index (κ3) is 2.76. The summed E-state index contributed by atoms with van der Waals surface area (Å²) in [5.74, 6) is -0.319. The van der Waals surface area contributed by atoms with Crippen LogP contribution in [0.2, 0.25) is 0 Å². The summed E-state index contributed by atoms with van der Waals surface area (Å²) < 4.78 is 13.2. The molecule has 0 unspecified atom stereocenters. The van der Waals surface area contributed by atoms with Gasteiger partial charge in [0.25, 0.3) is 0 Å². The van der Waals surface area contributed by atoms with E-state index in [1.165, 1.54) is 24.3 Å². The molecule has 6 nitrogen and oxygen atoms in total. The normalized spacial score (nSPS) is 10.2. The monoisotopic (exact) mass is 262 g/mol. The minimum atomic E-state index is -0.580. The van der Waals surface area contributed by atoms with E-state index < -0.39 is 10.7 Å². The van der Waals surface area contributed by atoms with Gasteiger partial charge in [-0.05, 0) is 30.7 Å². The number of anilines is 3. The van der Waals surface area contributed by atoms with E-state index in [-0.39, 0.29) is 17.3 Å². The van der Waals surface area contributed by atoms with Crippen molar-refractivity contribution in [2.45, 2.75) is 6.92 Å². The minimum absolute atomic E-state index is 0.0151. The number of nitro groups is 1. The fourth-order valence-electron chi connectivity index (χ4n) is 1.56. The van der Waals surface area contributed by atoms with Gasteiger partial charge < -0.3 is 11.1 Å². The van der Waals surface area contributed by atoms with Crippen LogP contribution in [-0.2, 0) is 0 Å². The smallest absolute Gasteiger partial charge is 0.311 e. The maximum atomic E-state index is 13.2. The number of nitrogens with one attached hydrogen (secondary N) is 1. The predicted octanol–water partition coefficient (Wildman–Crippen LogP) is 2.76. The quantitative estimate of drug-likeness (QED) is 0.655. The summed E-state index contributed by atoms with van der Waals surface area (Å²) in [6.45, 7) is 1.75. The second-order valence-electron chi connectivity index (χ2n) is 3.95. The van der Waals surface area contributed by atoms with Gasteiger partial charge in [0.2, 0.25) is 5.82 Å². The Hall–Kier alpha value is -2.70. The molecular weight excluding hydrogens is 251 g/mol. The van der Waals surface area contributed by atoms with Gasteiger partial charge >= 0.3 is 5.69 Å². The molecule has 0 amide bonds. The van der Waals surface area contributed by atoms with Crippen LogP contribution in [0.15, 0.2) is 30.3 Å². The van der Waals surface area contributed by atoms with Crippen molar-refractivity contribution in [1.29, 1.82) is 0 Å². The zero-order chi connectivity index (χ0) is 14.0. The van der Waals surface area contributed by atoms with Crippen LogP contribution in [0.4, 0.5) is 27.4 Å². The highest BCUT2D eigenvalue weighted by molar-refractivity contribution is 5.69. The number of nitrogens with zero attached hydrogens (tertiary/aromatic N) is 2. The Balaban J connectivity index is 2.45. The lowest BCUT2D eigenvalue weighted by Gasteiger charge is -2.09. The van der Waals surface area contributed by atoms with Crippen molar-refractivity contribution in [3.8, 4) is 0 Å². The number of hydrogen-bond acceptors (Lipinski definition) is 5. The van der Waals surface area contributed by atoms with E-state index >= 15 is 0 Å². The molecule has 19 heavy (non-hydrogen) atoms. The fourth-order valence-corrected chi connectivity index (χ4v) is 1.56. The summed E-state index contributed by atoms with van der Waals surface area (Å²) in [7, 11) is 0. The molecular formula is C12H11FN4O2. The first-order chi connectivity index (χ1) is 8.97. The number of aryl methyl sites for hydroxylation is 1. The first-order valence-electron chi connectivity index (χ1n) is 5.41. The van der Waals surface area contributed by atoms with E-state index in [0.29, 0.717) is 5.69 Å². The highest BCUT2D eigenvalue weighted by Crippen LogP contribution is 2.28. The molecule has 0 saturated carbocycles. The van der Waals surface area contributed by atoms with Crippen LogP contribution in [-0.4, -0.2) is 9.91 Å². The van der Waals surface area contributed by atoms with E-state index in [1.54, 1.807) is 13.0 Å². The molecule has 0 radical (unpaired) electrons. The van der Waals surface area contributed by atoms with Gasteiger partial charge in [-0.2, -0.15) is 0 Å². The lowest BCUT2D eigenvalue weighted by Crippen LogP contribution is -2.03. The van der Waals surface area contributed by atoms with Crippen molar-refractivity contribution in [3.05, 3.63) is 51.8 Å². The van der Waals surface area contributed by atoms with Gasteiger partial charge in [0, 0.05) is 11.8 Å². The average Bonchev–Trinajstić information content (AvgIpc) is 2.33. The summed E-state index contributed by atoms with van der Waals surface area (Å²) in [6, 6.07) is 6.70. The van der Waals surface area contributed by atoms with Crippen LogP contribution in [0.5, 0.6) is 0 Å². The molecule has 0 fully saturated rings. The molecule has 0 spiro atoms. The van der Waals surface area contributed by atoms with Gasteiger partial charge in [-0.1, -0.05) is 6.07 Å². The summed E-state index contributed by atoms with van der Waals surface area (Å²) >= 11 is 0. The molecule has 1 aromatic carbocycles. The molecule has 7 heteroatoms. The second-order valence-corrected chi connectivity index (χ2v) is 3.95. The van der Waals surface area contributed by atoms with E-state index in [0.717, 1.165) is 5.56 Å². The van der Waals surface area contributed by atoms with Crippen LogP contribution in [0, 0.1) is 22.9 Å². The van der Waals surface area contributed by atoms with Crippen LogP contribution < -0.4 is 11.1 Å². The Morgan fingerprint density at radius 1 is 1.37 bits per heavy atom. The van der Waals surface area contributed by atoms with Crippen molar-refractivity contribution in [1.82, 2.24) is 4.98 Å². The summed E-state index contributed by atoms with van der Waals surface area (Å²) in [5.41, 5.74) is 6.42. The highest BCUT2D eigenvalue weighted by atomic mass is 19.1. The molecule has 0 aliphatic rings. The van der Waals surface area contributed by atoms with Gasteiger partial charge in [0.05, 0.1) is 4.92 Å². The number of nitrogens with two attached hydrogens (primary N) is 1. The van der Waals surface area contributed by atoms with Crippen LogP contribution in [0.3, 0.4) is 0 Å². The number of halogens is 1. The number of benzene rings is 1. The SMILES string of the molecule is Cc1ccc(F)cc1Nc1nc(N)ccc1[N+](=O)[O-]. The third-order valence-corrected chi connectivity index (χ3v) is 2.54. The van der Waals surface area contributed by atoms with E-state index in [1.807, 2.05) is 0 Å². The Morgan fingerprint density at radius 3 is 2.79 bits per heavy atom. The van der Waals surface area contributed by atoms with Gasteiger partial charge in [0.15, 0.2) is 0 Å². The standard InChI is InChI=1S/C12H11FN4O2/c1-7-2-3-8(13)6-9(7)15-12-10(17(18)19)4-5-11(14)16-12/h2-6H,1H3,(H3,14,15,16). The first kappa shape index (κ1) is 12.7. The van der Waals surface area contributed by atoms with Crippen LogP contribution in [0.25, 0.3) is 0 Å². The molecule has 3 N–H and O–H groups in total. The molecule has 1 heterocycles. The molecule has 0 atom stereocenters. The predicted molar refractivity (Wildman–Crippen MR) is 69.7 cm³/mol. The van der Waals surface area contributed by atoms with Crippen LogP contribution >= 0.6 is 0 Å². The Kier molecular flexibility index (Phi) is 3.28. The molecule has 2 aromatic rings. The average molecular weight is 262 g/mol. The number of nitrogen functional groups attached to an aromatic ring is 1. The number of hydrogen-bond donors (Lipinski definition) is 2. The van der Waals surface area contributed by atoms with Crippen molar-refractivity contribution in [2.75, 3.05) is 11.1 Å². The van der Waals surface area contributed by atoms with Crippen LogP contribution in [0.1, 0.15) is 5.56 Å². The molecule has 1 aromatic heterocycles. The lowest BCUT2D eigenvalue weighted by atomic mass is 10.2. The second kappa shape index (κ2) is 4.89. The van der Waals surface area contributed by atoms with Gasteiger partial charge in [-0.15, -0.1) is 0 Å². The fraction of sp³-hybridized carbons (Fsp3) is 0.0833. The molecule has 98 valence electrons. The van der Waals surface area contributed by atoms with Crippen molar-refractivity contribution < 1.29 is 9.31 Å². The largest absolute Gasteiger partial charge is 0.384 e. The van der Waals surface area contributed by atoms with Gasteiger partial charge in [-0.3, -0.25) is 10.1 Å². The van der Waals surface area contributed by atoms with Gasteiger partial charge in [0.1, 0.15) is 11.6 Å². The summed E-state index contributed by atoms with van der Waals surface area (Å²) in [6.07, 6.45) is 0. The summed E-state index contributed by atoms with van der Waals surface area (Å²) in [5, 5.41) is 13.6. The summed E-state index contributed by atoms with van der Waals surface area (Å²) in [4.78, 5) is 14.2. The van der Waals surface area contributed by atoms with Crippen molar-refractivity contribution in [3.63, 3.8) is 0 Å². The molecule has 0 bridgehead atoms. The third-order valence-electron chi connectivity index (χ3n) is 2.54. The maximum absolute atomic E-state index is 13.2. The zero-order valence-corrected chi connectivity index (χ0v) is 10.1. The van der Waals surface area contributed by atoms with Gasteiger partial charge in [-0.25, -0.2) is 9.37 Å². The first-order valence-corrected chi connectivity index (χ1v) is 5.41. The molecule has 2 rings (SSSR count). The number of pyridine rings is 1.